The lowest BCUT2D eigenvalue weighted by Crippen LogP contribution is -1.98. The van der Waals surface area contributed by atoms with E-state index in [1.54, 1.807) is 25.3 Å². The van der Waals surface area contributed by atoms with Gasteiger partial charge in [0.25, 0.3) is 0 Å². The minimum absolute atomic E-state index is 0.473. The van der Waals surface area contributed by atoms with Crippen molar-refractivity contribution in [2.45, 2.75) is 13.8 Å². The highest BCUT2D eigenvalue weighted by molar-refractivity contribution is 5.76. The van der Waals surface area contributed by atoms with Gasteiger partial charge < -0.3 is 9.47 Å². The molecule has 0 fully saturated rings. The van der Waals surface area contributed by atoms with Crippen LogP contribution in [0.5, 0.6) is 11.5 Å². The average Bonchev–Trinajstić information content (AvgIpc) is 2.28. The van der Waals surface area contributed by atoms with Crippen LogP contribution in [0.25, 0.3) is 0 Å². The number of rotatable bonds is 5. The number of hydrogen-bond donors (Lipinski definition) is 0. The van der Waals surface area contributed by atoms with E-state index < -0.39 is 0 Å². The van der Waals surface area contributed by atoms with E-state index in [2.05, 4.69) is 0 Å². The van der Waals surface area contributed by atoms with Crippen molar-refractivity contribution in [3.63, 3.8) is 0 Å². The van der Waals surface area contributed by atoms with Crippen LogP contribution >= 0.6 is 0 Å². The molecule has 0 aliphatic carbocycles. The third-order valence-electron chi connectivity index (χ3n) is 2.05. The summed E-state index contributed by atoms with van der Waals surface area (Å²) in [6.07, 6.45) is 2.75. The third kappa shape index (κ3) is 3.42. The van der Waals surface area contributed by atoms with E-state index >= 15 is 0 Å². The normalized spacial score (nSPS) is 9.44. The van der Waals surface area contributed by atoms with Crippen molar-refractivity contribution < 1.29 is 14.3 Å². The van der Waals surface area contributed by atoms with Gasteiger partial charge in [0.1, 0.15) is 12.9 Å². The summed E-state index contributed by atoms with van der Waals surface area (Å²) >= 11 is 0. The Morgan fingerprint density at radius 3 is 2.62 bits per heavy atom. The number of allylic oxidation sites excluding steroid dienone is 1. The first-order chi connectivity index (χ1) is 7.67. The molecule has 3 nitrogen and oxygen atoms in total. The molecule has 3 heteroatoms. The number of methoxy groups -OCH3 is 1. The van der Waals surface area contributed by atoms with Gasteiger partial charge in [0, 0.05) is 5.56 Å². The first kappa shape index (κ1) is 12.3. The van der Waals surface area contributed by atoms with E-state index in [-0.39, 0.29) is 0 Å². The van der Waals surface area contributed by atoms with Crippen LogP contribution in [-0.2, 0) is 0 Å². The van der Waals surface area contributed by atoms with Gasteiger partial charge in [-0.05, 0) is 38.1 Å². The zero-order chi connectivity index (χ0) is 12.0. The number of carbonyl (C=O) groups is 1. The second kappa shape index (κ2) is 5.95. The Morgan fingerprint density at radius 1 is 1.31 bits per heavy atom. The van der Waals surface area contributed by atoms with E-state index in [0.717, 1.165) is 6.29 Å². The minimum Gasteiger partial charge on any atom is -0.493 e. The smallest absolute Gasteiger partial charge is 0.162 e. The highest BCUT2D eigenvalue weighted by Crippen LogP contribution is 2.27. The molecule has 16 heavy (non-hydrogen) atoms. The van der Waals surface area contributed by atoms with Gasteiger partial charge in [-0.2, -0.15) is 0 Å². The highest BCUT2D eigenvalue weighted by Gasteiger charge is 2.04. The van der Waals surface area contributed by atoms with E-state index in [9.17, 15) is 4.79 Å². The molecule has 1 rings (SSSR count). The van der Waals surface area contributed by atoms with Crippen molar-refractivity contribution in [2.24, 2.45) is 0 Å². The predicted octanol–water partition coefficient (Wildman–Crippen LogP) is 2.85. The van der Waals surface area contributed by atoms with E-state index in [4.69, 9.17) is 9.47 Å². The molecule has 0 bridgehead atoms. The van der Waals surface area contributed by atoms with Crippen molar-refractivity contribution in [1.82, 2.24) is 0 Å². The van der Waals surface area contributed by atoms with Gasteiger partial charge in [-0.3, -0.25) is 4.79 Å². The maximum absolute atomic E-state index is 10.6. The van der Waals surface area contributed by atoms with Gasteiger partial charge in [-0.15, -0.1) is 0 Å². The van der Waals surface area contributed by atoms with Gasteiger partial charge in [-0.1, -0.05) is 5.57 Å². The molecular formula is C13H16O3. The van der Waals surface area contributed by atoms with Crippen LogP contribution in [0, 0.1) is 0 Å². The largest absolute Gasteiger partial charge is 0.493 e. The van der Waals surface area contributed by atoms with Crippen molar-refractivity contribution in [2.75, 3.05) is 13.7 Å². The lowest BCUT2D eigenvalue weighted by molar-refractivity contribution is 0.112. The van der Waals surface area contributed by atoms with Crippen LogP contribution < -0.4 is 9.47 Å². The zero-order valence-electron chi connectivity index (χ0n) is 9.82. The molecule has 0 saturated carbocycles. The quantitative estimate of drug-likeness (QED) is 0.565. The summed E-state index contributed by atoms with van der Waals surface area (Å²) in [5, 5.41) is 0. The molecule has 0 spiro atoms. The van der Waals surface area contributed by atoms with Gasteiger partial charge in [0.15, 0.2) is 11.5 Å². The minimum atomic E-state index is 0.473. The fourth-order valence-electron chi connectivity index (χ4n) is 1.18. The van der Waals surface area contributed by atoms with Crippen LogP contribution in [0.2, 0.25) is 0 Å². The fraction of sp³-hybridized carbons (Fsp3) is 0.308. The average molecular weight is 220 g/mol. The second-order valence-corrected chi connectivity index (χ2v) is 3.62. The fourth-order valence-corrected chi connectivity index (χ4v) is 1.18. The SMILES string of the molecule is COc1ccc(C=O)cc1OCC=C(C)C. The predicted molar refractivity (Wildman–Crippen MR) is 63.3 cm³/mol. The first-order valence-electron chi connectivity index (χ1n) is 5.06. The van der Waals surface area contributed by atoms with E-state index in [0.29, 0.717) is 23.7 Å². The zero-order valence-corrected chi connectivity index (χ0v) is 9.82. The molecule has 0 N–H and O–H groups in total. The maximum Gasteiger partial charge on any atom is 0.162 e. The molecule has 0 heterocycles. The van der Waals surface area contributed by atoms with Crippen LogP contribution in [0.4, 0.5) is 0 Å². The van der Waals surface area contributed by atoms with Crippen LogP contribution in [0.3, 0.4) is 0 Å². The molecule has 1 aromatic carbocycles. The Hall–Kier alpha value is -1.77. The molecule has 0 radical (unpaired) electrons. The van der Waals surface area contributed by atoms with Gasteiger partial charge in [0.05, 0.1) is 7.11 Å². The van der Waals surface area contributed by atoms with Crippen molar-refractivity contribution >= 4 is 6.29 Å². The summed E-state index contributed by atoms with van der Waals surface area (Å²) in [5.41, 5.74) is 1.76. The molecule has 0 aliphatic rings. The number of hydrogen-bond acceptors (Lipinski definition) is 3. The highest BCUT2D eigenvalue weighted by atomic mass is 16.5. The summed E-state index contributed by atoms with van der Waals surface area (Å²) < 4.78 is 10.7. The van der Waals surface area contributed by atoms with Gasteiger partial charge >= 0.3 is 0 Å². The summed E-state index contributed by atoms with van der Waals surface area (Å²) in [5.74, 6) is 1.22. The molecule has 86 valence electrons. The molecule has 0 amide bonds. The Kier molecular flexibility index (Phi) is 4.58. The molecule has 0 aromatic heterocycles. The van der Waals surface area contributed by atoms with Crippen LogP contribution in [-0.4, -0.2) is 20.0 Å². The lowest BCUT2D eigenvalue weighted by Gasteiger charge is -2.09. The Bertz CT molecular complexity index is 390. The first-order valence-corrected chi connectivity index (χ1v) is 5.06. The molecule has 0 aliphatic heterocycles. The Balaban J connectivity index is 2.83. The number of benzene rings is 1. The summed E-state index contributed by atoms with van der Waals surface area (Å²) in [4.78, 5) is 10.6. The summed E-state index contributed by atoms with van der Waals surface area (Å²) in [7, 11) is 1.57. The molecule has 1 aromatic rings. The monoisotopic (exact) mass is 220 g/mol. The second-order valence-electron chi connectivity index (χ2n) is 3.62. The molecular weight excluding hydrogens is 204 g/mol. The lowest BCUT2D eigenvalue weighted by atomic mass is 10.2. The van der Waals surface area contributed by atoms with Crippen LogP contribution in [0.1, 0.15) is 24.2 Å². The molecule has 0 unspecified atom stereocenters. The van der Waals surface area contributed by atoms with Crippen molar-refractivity contribution in [1.29, 1.82) is 0 Å². The van der Waals surface area contributed by atoms with Crippen molar-refractivity contribution in [3.05, 3.63) is 35.4 Å². The number of ether oxygens (including phenoxy) is 2. The number of carbonyl (C=O) groups excluding carboxylic acids is 1. The molecule has 0 atom stereocenters. The Labute approximate surface area is 95.7 Å². The number of aldehydes is 1. The van der Waals surface area contributed by atoms with Crippen molar-refractivity contribution in [3.8, 4) is 11.5 Å². The summed E-state index contributed by atoms with van der Waals surface area (Å²) in [6.45, 7) is 4.48. The van der Waals surface area contributed by atoms with E-state index in [1.165, 1.54) is 5.57 Å². The standard InChI is InChI=1S/C13H16O3/c1-10(2)6-7-16-13-8-11(9-14)4-5-12(13)15-3/h4-6,8-9H,7H2,1-3H3. The topological polar surface area (TPSA) is 35.5 Å². The van der Waals surface area contributed by atoms with Gasteiger partial charge in [0.2, 0.25) is 0 Å². The maximum atomic E-state index is 10.6. The summed E-state index contributed by atoms with van der Waals surface area (Å²) in [6, 6.07) is 5.09. The Morgan fingerprint density at radius 2 is 2.06 bits per heavy atom. The third-order valence-corrected chi connectivity index (χ3v) is 2.05. The van der Waals surface area contributed by atoms with E-state index in [1.807, 2.05) is 19.9 Å². The van der Waals surface area contributed by atoms with Gasteiger partial charge in [-0.25, -0.2) is 0 Å². The molecule has 0 saturated heterocycles. The van der Waals surface area contributed by atoms with Crippen LogP contribution in [0.15, 0.2) is 29.8 Å².